The quantitative estimate of drug-likeness (QED) is 0.915. The van der Waals surface area contributed by atoms with Gasteiger partial charge in [-0.25, -0.2) is 0 Å². The van der Waals surface area contributed by atoms with Crippen LogP contribution in [0.1, 0.15) is 11.3 Å². The van der Waals surface area contributed by atoms with Crippen LogP contribution >= 0.6 is 27.5 Å². The molecule has 0 bridgehead atoms. The minimum atomic E-state index is 0.618. The van der Waals surface area contributed by atoms with Crippen molar-refractivity contribution < 1.29 is 0 Å². The molecule has 0 saturated heterocycles. The lowest BCUT2D eigenvalue weighted by molar-refractivity contribution is 1.31. The largest absolute Gasteiger partial charge is 0.345 e. The predicted molar refractivity (Wildman–Crippen MR) is 69.0 cm³/mol. The van der Waals surface area contributed by atoms with Gasteiger partial charge in [0.2, 0.25) is 0 Å². The van der Waals surface area contributed by atoms with Gasteiger partial charge in [-0.05, 0) is 42.7 Å². The fourth-order valence-electron chi connectivity index (χ4n) is 1.25. The smallest absolute Gasteiger partial charge is 0.132 e. The topological polar surface area (TPSA) is 48.7 Å². The summed E-state index contributed by atoms with van der Waals surface area (Å²) < 4.78 is 5.18. The minimum Gasteiger partial charge on any atom is -0.345 e. The molecule has 80 valence electrons. The molecule has 0 amide bonds. The van der Waals surface area contributed by atoms with Crippen LogP contribution in [0, 0.1) is 18.3 Å². The Bertz CT molecular complexity index is 539. The van der Waals surface area contributed by atoms with Gasteiger partial charge in [-0.3, -0.25) is 0 Å². The van der Waals surface area contributed by atoms with E-state index in [1.807, 2.05) is 31.2 Å². The summed E-state index contributed by atoms with van der Waals surface area (Å²) in [5, 5.41) is 13.0. The Morgan fingerprint density at radius 2 is 2.06 bits per heavy atom. The zero-order valence-electron chi connectivity index (χ0n) is 8.49. The molecule has 2 rings (SSSR count). The molecule has 1 heterocycles. The van der Waals surface area contributed by atoms with Crippen LogP contribution in [0.15, 0.2) is 28.7 Å². The van der Waals surface area contributed by atoms with Crippen LogP contribution in [0.5, 0.6) is 0 Å². The summed E-state index contributed by atoms with van der Waals surface area (Å²) in [5.74, 6) is 0. The maximum atomic E-state index is 8.98. The Morgan fingerprint density at radius 3 is 2.69 bits per heavy atom. The van der Waals surface area contributed by atoms with Crippen molar-refractivity contribution in [3.63, 3.8) is 0 Å². The zero-order valence-corrected chi connectivity index (χ0v) is 10.9. The van der Waals surface area contributed by atoms with Crippen molar-refractivity contribution in [2.45, 2.75) is 6.92 Å². The van der Waals surface area contributed by atoms with Crippen LogP contribution in [-0.2, 0) is 0 Å². The summed E-state index contributed by atoms with van der Waals surface area (Å²) in [6.45, 7) is 1.84. The minimum absolute atomic E-state index is 0.618. The monoisotopic (exact) mass is 293 g/mol. The number of nitrogens with one attached hydrogen (secondary N) is 1. The Hall–Kier alpha value is -1.38. The van der Waals surface area contributed by atoms with E-state index in [1.165, 1.54) is 11.5 Å². The van der Waals surface area contributed by atoms with Crippen LogP contribution in [0.3, 0.4) is 0 Å². The lowest BCUT2D eigenvalue weighted by Gasteiger charge is -2.03. The molecule has 1 N–H and O–H groups in total. The summed E-state index contributed by atoms with van der Waals surface area (Å²) in [7, 11) is 0. The zero-order chi connectivity index (χ0) is 11.5. The van der Waals surface area contributed by atoms with Gasteiger partial charge in [-0.1, -0.05) is 15.9 Å². The molecule has 0 aliphatic rings. The van der Waals surface area contributed by atoms with Gasteiger partial charge in [-0.15, -0.1) is 0 Å². The Morgan fingerprint density at radius 1 is 1.38 bits per heavy atom. The van der Waals surface area contributed by atoms with E-state index in [4.69, 9.17) is 5.26 Å². The number of hydrogen-bond acceptors (Lipinski definition) is 4. The van der Waals surface area contributed by atoms with Crippen LogP contribution < -0.4 is 5.32 Å². The number of rotatable bonds is 2. The Balaban J connectivity index is 2.27. The standard InChI is InChI=1S/C11H8BrN3S/c1-7-10(6-13)11(16-15-7)14-9-4-2-8(12)3-5-9/h2-5,14H,1H3. The lowest BCUT2D eigenvalue weighted by Crippen LogP contribution is -1.89. The van der Waals surface area contributed by atoms with Crippen molar-refractivity contribution in [1.29, 1.82) is 5.26 Å². The van der Waals surface area contributed by atoms with E-state index >= 15 is 0 Å². The molecule has 3 nitrogen and oxygen atoms in total. The average Bonchev–Trinajstić information content (AvgIpc) is 2.63. The van der Waals surface area contributed by atoms with Crippen LogP contribution in [0.4, 0.5) is 10.7 Å². The number of nitriles is 1. The van der Waals surface area contributed by atoms with Gasteiger partial charge in [0.05, 0.1) is 5.69 Å². The fraction of sp³-hybridized carbons (Fsp3) is 0.0909. The first-order valence-corrected chi connectivity index (χ1v) is 6.16. The fourth-order valence-corrected chi connectivity index (χ4v) is 2.28. The number of benzene rings is 1. The molecule has 0 fully saturated rings. The van der Waals surface area contributed by atoms with E-state index in [0.717, 1.165) is 20.9 Å². The number of hydrogen-bond donors (Lipinski definition) is 1. The van der Waals surface area contributed by atoms with Gasteiger partial charge in [0.15, 0.2) is 0 Å². The van der Waals surface area contributed by atoms with Gasteiger partial charge >= 0.3 is 0 Å². The molecule has 0 atom stereocenters. The highest BCUT2D eigenvalue weighted by Crippen LogP contribution is 2.27. The maximum Gasteiger partial charge on any atom is 0.132 e. The molecule has 0 aliphatic heterocycles. The molecule has 0 unspecified atom stereocenters. The normalized spacial score (nSPS) is 9.81. The van der Waals surface area contributed by atoms with Crippen molar-refractivity contribution in [2.75, 3.05) is 5.32 Å². The highest BCUT2D eigenvalue weighted by Gasteiger charge is 2.09. The number of anilines is 2. The summed E-state index contributed by atoms with van der Waals surface area (Å²) in [6.07, 6.45) is 0. The van der Waals surface area contributed by atoms with Gasteiger partial charge in [-0.2, -0.15) is 9.64 Å². The van der Waals surface area contributed by atoms with E-state index in [0.29, 0.717) is 5.56 Å². The lowest BCUT2D eigenvalue weighted by atomic mass is 10.2. The van der Waals surface area contributed by atoms with Crippen molar-refractivity contribution in [3.05, 3.63) is 40.0 Å². The summed E-state index contributed by atoms with van der Waals surface area (Å²) in [6, 6.07) is 9.93. The molecule has 5 heteroatoms. The SMILES string of the molecule is Cc1nsc(Nc2ccc(Br)cc2)c1C#N. The third kappa shape index (κ3) is 2.23. The van der Waals surface area contributed by atoms with Crippen LogP contribution in [0.2, 0.25) is 0 Å². The second-order valence-corrected chi connectivity index (χ2v) is 4.90. The number of aromatic nitrogens is 1. The summed E-state index contributed by atoms with van der Waals surface area (Å²) in [4.78, 5) is 0. The highest BCUT2D eigenvalue weighted by atomic mass is 79.9. The molecule has 2 aromatic rings. The Labute approximate surface area is 106 Å². The van der Waals surface area contributed by atoms with E-state index in [1.54, 1.807) is 0 Å². The van der Waals surface area contributed by atoms with E-state index in [2.05, 4.69) is 31.7 Å². The van der Waals surface area contributed by atoms with Gasteiger partial charge < -0.3 is 5.32 Å². The number of nitrogens with zero attached hydrogens (tertiary/aromatic N) is 2. The van der Waals surface area contributed by atoms with Gasteiger partial charge in [0, 0.05) is 10.2 Å². The van der Waals surface area contributed by atoms with Gasteiger partial charge in [0.1, 0.15) is 16.6 Å². The second kappa shape index (κ2) is 4.64. The van der Waals surface area contributed by atoms with E-state index in [-0.39, 0.29) is 0 Å². The summed E-state index contributed by atoms with van der Waals surface area (Å²) >= 11 is 4.68. The molecule has 0 radical (unpaired) electrons. The number of aryl methyl sites for hydroxylation is 1. The van der Waals surface area contributed by atoms with E-state index in [9.17, 15) is 0 Å². The molecule has 0 aliphatic carbocycles. The van der Waals surface area contributed by atoms with Crippen molar-refractivity contribution >= 4 is 38.2 Å². The molecular formula is C11H8BrN3S. The molecule has 0 spiro atoms. The number of halogens is 1. The second-order valence-electron chi connectivity index (χ2n) is 3.22. The average molecular weight is 294 g/mol. The van der Waals surface area contributed by atoms with Crippen molar-refractivity contribution in [3.8, 4) is 6.07 Å². The van der Waals surface area contributed by atoms with Crippen molar-refractivity contribution in [2.24, 2.45) is 0 Å². The first-order valence-electron chi connectivity index (χ1n) is 4.59. The Kier molecular flexibility index (Phi) is 3.22. The first-order chi connectivity index (χ1) is 7.70. The molecule has 1 aromatic heterocycles. The van der Waals surface area contributed by atoms with Gasteiger partial charge in [0.25, 0.3) is 0 Å². The molecule has 16 heavy (non-hydrogen) atoms. The molecule has 0 saturated carbocycles. The van der Waals surface area contributed by atoms with Crippen molar-refractivity contribution in [1.82, 2.24) is 4.37 Å². The van der Waals surface area contributed by atoms with Crippen LogP contribution in [0.25, 0.3) is 0 Å². The maximum absolute atomic E-state index is 8.98. The molecule has 1 aromatic carbocycles. The third-order valence-corrected chi connectivity index (χ3v) is 3.46. The van der Waals surface area contributed by atoms with E-state index < -0.39 is 0 Å². The predicted octanol–water partition coefficient (Wildman–Crippen LogP) is 3.83. The molecular weight excluding hydrogens is 286 g/mol. The summed E-state index contributed by atoms with van der Waals surface area (Å²) in [5.41, 5.74) is 2.34. The van der Waals surface area contributed by atoms with Crippen LogP contribution in [-0.4, -0.2) is 4.37 Å². The highest BCUT2D eigenvalue weighted by molar-refractivity contribution is 9.10. The third-order valence-electron chi connectivity index (χ3n) is 2.08. The first kappa shape index (κ1) is 11.1.